The first kappa shape index (κ1) is 13.8. The van der Waals surface area contributed by atoms with Gasteiger partial charge < -0.3 is 11.1 Å². The van der Waals surface area contributed by atoms with Crippen LogP contribution in [0.25, 0.3) is 0 Å². The molecule has 0 aliphatic carbocycles. The summed E-state index contributed by atoms with van der Waals surface area (Å²) in [6.07, 6.45) is 0.553. The Morgan fingerprint density at radius 1 is 1.50 bits per heavy atom. The van der Waals surface area contributed by atoms with E-state index >= 15 is 0 Å². The monoisotopic (exact) mass is 324 g/mol. The number of rotatable bonds is 3. The second-order valence-electron chi connectivity index (χ2n) is 3.25. The van der Waals surface area contributed by atoms with Gasteiger partial charge in [0.25, 0.3) is 0 Å². The number of hydrogen-bond donors (Lipinski definition) is 2. The second kappa shape index (κ2) is 5.87. The largest absolute Gasteiger partial charge is 0.322 e. The molecule has 0 bridgehead atoms. The Bertz CT molecular complexity index is 389. The summed E-state index contributed by atoms with van der Waals surface area (Å²) < 4.78 is 0.750. The lowest BCUT2D eigenvalue weighted by molar-refractivity contribution is -0.117. The summed E-state index contributed by atoms with van der Waals surface area (Å²) in [6, 6.07) is 2.75. The highest BCUT2D eigenvalue weighted by Crippen LogP contribution is 2.33. The van der Waals surface area contributed by atoms with Gasteiger partial charge in [0.15, 0.2) is 0 Å². The third-order valence-electron chi connectivity index (χ3n) is 2.03. The van der Waals surface area contributed by atoms with Crippen molar-refractivity contribution in [3.05, 3.63) is 26.7 Å². The highest BCUT2D eigenvalue weighted by Gasteiger charge is 2.15. The lowest BCUT2D eigenvalue weighted by atomic mass is 10.2. The van der Waals surface area contributed by atoms with E-state index in [0.717, 1.165) is 4.47 Å². The van der Waals surface area contributed by atoms with Crippen molar-refractivity contribution in [1.82, 2.24) is 0 Å². The second-order valence-corrected chi connectivity index (χ2v) is 4.98. The van der Waals surface area contributed by atoms with Crippen LogP contribution in [0, 0.1) is 0 Å². The molecule has 1 aromatic rings. The van der Waals surface area contributed by atoms with Crippen molar-refractivity contribution < 1.29 is 4.79 Å². The molecule has 1 amide bonds. The summed E-state index contributed by atoms with van der Waals surface area (Å²) in [5.74, 6) is -0.298. The molecular formula is C10H11BrCl2N2O. The van der Waals surface area contributed by atoms with E-state index in [4.69, 9.17) is 28.9 Å². The number of carbonyl (C=O) groups is 1. The van der Waals surface area contributed by atoms with Crippen molar-refractivity contribution in [2.45, 2.75) is 19.4 Å². The molecule has 0 saturated carbocycles. The minimum absolute atomic E-state index is 0.298. The molecule has 0 fully saturated rings. The third-order valence-corrected chi connectivity index (χ3v) is 3.09. The quantitative estimate of drug-likeness (QED) is 0.894. The van der Waals surface area contributed by atoms with Crippen molar-refractivity contribution in [3.63, 3.8) is 0 Å². The number of anilines is 1. The normalized spacial score (nSPS) is 12.3. The Morgan fingerprint density at radius 3 is 2.44 bits per heavy atom. The van der Waals surface area contributed by atoms with E-state index in [9.17, 15) is 4.79 Å². The summed E-state index contributed by atoms with van der Waals surface area (Å²) >= 11 is 15.2. The fourth-order valence-corrected chi connectivity index (χ4v) is 2.37. The van der Waals surface area contributed by atoms with Gasteiger partial charge in [-0.3, -0.25) is 4.79 Å². The van der Waals surface area contributed by atoms with Crippen molar-refractivity contribution in [2.24, 2.45) is 5.73 Å². The highest BCUT2D eigenvalue weighted by molar-refractivity contribution is 9.10. The number of nitrogens with one attached hydrogen (secondary N) is 1. The van der Waals surface area contributed by atoms with Crippen LogP contribution < -0.4 is 11.1 Å². The van der Waals surface area contributed by atoms with Crippen LogP contribution in [0.5, 0.6) is 0 Å². The summed E-state index contributed by atoms with van der Waals surface area (Å²) in [5.41, 5.74) is 5.98. The van der Waals surface area contributed by atoms with Crippen molar-refractivity contribution >= 4 is 50.7 Å². The molecule has 0 unspecified atom stereocenters. The number of hydrogen-bond acceptors (Lipinski definition) is 2. The molecule has 1 atom stereocenters. The topological polar surface area (TPSA) is 55.1 Å². The van der Waals surface area contributed by atoms with Crippen LogP contribution >= 0.6 is 39.1 Å². The van der Waals surface area contributed by atoms with Crippen LogP contribution in [0.15, 0.2) is 16.6 Å². The average molecular weight is 326 g/mol. The number of amides is 1. The lowest BCUT2D eigenvalue weighted by Crippen LogP contribution is -2.34. The molecule has 1 aromatic carbocycles. The maximum Gasteiger partial charge on any atom is 0.241 e. The fourth-order valence-electron chi connectivity index (χ4n) is 1.06. The maximum atomic E-state index is 11.6. The molecule has 0 spiro atoms. The van der Waals surface area contributed by atoms with Crippen molar-refractivity contribution in [1.29, 1.82) is 0 Å². The maximum absolute atomic E-state index is 11.6. The summed E-state index contributed by atoms with van der Waals surface area (Å²) in [4.78, 5) is 11.6. The van der Waals surface area contributed by atoms with Gasteiger partial charge in [0.2, 0.25) is 5.91 Å². The zero-order valence-corrected chi connectivity index (χ0v) is 11.7. The van der Waals surface area contributed by atoms with Gasteiger partial charge in [-0.1, -0.05) is 46.1 Å². The summed E-state index contributed by atoms with van der Waals surface area (Å²) in [7, 11) is 0. The van der Waals surface area contributed by atoms with Crippen LogP contribution in [0.3, 0.4) is 0 Å². The Hall–Kier alpha value is -0.290. The van der Waals surface area contributed by atoms with E-state index in [1.165, 1.54) is 0 Å². The smallest absolute Gasteiger partial charge is 0.241 e. The molecule has 0 radical (unpaired) electrons. The van der Waals surface area contributed by atoms with Gasteiger partial charge in [-0.25, -0.2) is 0 Å². The third kappa shape index (κ3) is 3.35. The lowest BCUT2D eigenvalue weighted by Gasteiger charge is -2.13. The van der Waals surface area contributed by atoms with Crippen molar-refractivity contribution in [2.75, 3.05) is 5.32 Å². The molecule has 6 heteroatoms. The van der Waals surface area contributed by atoms with Gasteiger partial charge in [0.05, 0.1) is 21.8 Å². The first-order valence-electron chi connectivity index (χ1n) is 4.66. The molecular weight excluding hydrogens is 315 g/mol. The summed E-state index contributed by atoms with van der Waals surface area (Å²) in [6.45, 7) is 1.83. The molecule has 88 valence electrons. The molecule has 0 aliphatic heterocycles. The van der Waals surface area contributed by atoms with Gasteiger partial charge in [-0.2, -0.15) is 0 Å². The number of halogens is 3. The Labute approximate surface area is 112 Å². The van der Waals surface area contributed by atoms with E-state index in [2.05, 4.69) is 21.2 Å². The van der Waals surface area contributed by atoms with E-state index in [0.29, 0.717) is 22.2 Å². The van der Waals surface area contributed by atoms with E-state index in [1.807, 2.05) is 6.92 Å². The first-order chi connectivity index (χ1) is 7.45. The number of nitrogens with two attached hydrogens (primary N) is 1. The van der Waals surface area contributed by atoms with Crippen LogP contribution in [-0.4, -0.2) is 11.9 Å². The minimum atomic E-state index is -0.559. The zero-order chi connectivity index (χ0) is 12.3. The molecule has 0 aliphatic rings. The van der Waals surface area contributed by atoms with Gasteiger partial charge in [-0.05, 0) is 18.6 Å². The van der Waals surface area contributed by atoms with Gasteiger partial charge in [-0.15, -0.1) is 0 Å². The predicted octanol–water partition coefficient (Wildman–Crippen LogP) is 3.43. The first-order valence-corrected chi connectivity index (χ1v) is 6.21. The standard InChI is InChI=1S/C10H11BrCl2N2O/c1-2-8(14)10(16)15-9-6(12)3-5(11)4-7(9)13/h3-4,8H,2,14H2,1H3,(H,15,16)/t8-/m1/s1. The van der Waals surface area contributed by atoms with Crippen LogP contribution in [0.1, 0.15) is 13.3 Å². The number of carbonyl (C=O) groups excluding carboxylic acids is 1. The minimum Gasteiger partial charge on any atom is -0.322 e. The van der Waals surface area contributed by atoms with E-state index < -0.39 is 6.04 Å². The van der Waals surface area contributed by atoms with Crippen LogP contribution in [0.4, 0.5) is 5.69 Å². The van der Waals surface area contributed by atoms with Gasteiger partial charge in [0, 0.05) is 4.47 Å². The predicted molar refractivity (Wildman–Crippen MR) is 71.1 cm³/mol. The fraction of sp³-hybridized carbons (Fsp3) is 0.300. The SMILES string of the molecule is CC[C@@H](N)C(=O)Nc1c(Cl)cc(Br)cc1Cl. The Kier molecular flexibility index (Phi) is 5.05. The molecule has 3 N–H and O–H groups in total. The number of benzene rings is 1. The highest BCUT2D eigenvalue weighted by atomic mass is 79.9. The molecule has 0 heterocycles. The van der Waals surface area contributed by atoms with E-state index in [1.54, 1.807) is 12.1 Å². The Balaban J connectivity index is 2.93. The Morgan fingerprint density at radius 2 is 2.00 bits per heavy atom. The van der Waals surface area contributed by atoms with Crippen LogP contribution in [0.2, 0.25) is 10.0 Å². The molecule has 3 nitrogen and oxygen atoms in total. The van der Waals surface area contributed by atoms with Gasteiger partial charge in [0.1, 0.15) is 0 Å². The van der Waals surface area contributed by atoms with Gasteiger partial charge >= 0.3 is 0 Å². The van der Waals surface area contributed by atoms with Crippen molar-refractivity contribution in [3.8, 4) is 0 Å². The molecule has 1 rings (SSSR count). The average Bonchev–Trinajstić information content (AvgIpc) is 2.21. The summed E-state index contributed by atoms with van der Waals surface area (Å²) in [5, 5.41) is 3.35. The van der Waals surface area contributed by atoms with Crippen LogP contribution in [-0.2, 0) is 4.79 Å². The van der Waals surface area contributed by atoms with E-state index in [-0.39, 0.29) is 5.91 Å². The molecule has 16 heavy (non-hydrogen) atoms. The zero-order valence-electron chi connectivity index (χ0n) is 8.56. The molecule has 0 saturated heterocycles. The molecule has 0 aromatic heterocycles.